The third-order valence-corrected chi connectivity index (χ3v) is 7.92. The van der Waals surface area contributed by atoms with Crippen LogP contribution >= 0.6 is 0 Å². The van der Waals surface area contributed by atoms with Gasteiger partial charge in [-0.2, -0.15) is 13.2 Å². The molecule has 53 heavy (non-hydrogen) atoms. The van der Waals surface area contributed by atoms with Gasteiger partial charge >= 0.3 is 18.4 Å². The number of halogens is 5. The highest BCUT2D eigenvalue weighted by Gasteiger charge is 2.35. The van der Waals surface area contributed by atoms with Crippen LogP contribution in [0.5, 0.6) is 5.75 Å². The van der Waals surface area contributed by atoms with Crippen molar-refractivity contribution in [3.05, 3.63) is 53.5 Å². The Kier molecular flexibility index (Phi) is 12.1. The molecule has 1 aliphatic rings. The summed E-state index contributed by atoms with van der Waals surface area (Å²) < 4.78 is 89.4. The number of carbonyl (C=O) groups is 3. The van der Waals surface area contributed by atoms with Crippen LogP contribution in [-0.4, -0.2) is 90.9 Å². The largest absolute Gasteiger partial charge is 0.495 e. The van der Waals surface area contributed by atoms with Crippen molar-refractivity contribution < 1.29 is 50.5 Å². The topological polar surface area (TPSA) is 114 Å². The van der Waals surface area contributed by atoms with E-state index in [4.69, 9.17) is 14.2 Å². The molecule has 1 fully saturated rings. The molecule has 4 rings (SSSR count). The van der Waals surface area contributed by atoms with Gasteiger partial charge in [-0.25, -0.2) is 18.4 Å². The Labute approximate surface area is 304 Å². The van der Waals surface area contributed by atoms with E-state index in [0.717, 1.165) is 21.6 Å². The molecule has 0 unspecified atom stereocenters. The van der Waals surface area contributed by atoms with Crippen molar-refractivity contribution in [2.75, 3.05) is 44.0 Å². The second kappa shape index (κ2) is 15.8. The highest BCUT2D eigenvalue weighted by Crippen LogP contribution is 2.34. The van der Waals surface area contributed by atoms with Gasteiger partial charge in [-0.1, -0.05) is 12.0 Å². The van der Waals surface area contributed by atoms with Gasteiger partial charge in [0.25, 0.3) is 5.91 Å². The van der Waals surface area contributed by atoms with E-state index in [9.17, 15) is 27.6 Å². The molecule has 1 saturated heterocycles. The SMILES string of the molecule is CNC(=O)c1cc(OC)c(N(CC#Cc2cc3c(N[C@H]4CCN(C(=O)OC(C)(C)C)C[C@H]4F)cccc3n2CC(F)(F)F)C(=O)OC(C)(C)C)cc1F. The first-order chi connectivity index (χ1) is 24.6. The first-order valence-corrected chi connectivity index (χ1v) is 16.8. The van der Waals surface area contributed by atoms with Gasteiger partial charge in [-0.05, 0) is 78.1 Å². The number of anilines is 2. The van der Waals surface area contributed by atoms with E-state index >= 15 is 8.78 Å². The summed E-state index contributed by atoms with van der Waals surface area (Å²) in [4.78, 5) is 40.3. The third-order valence-electron chi connectivity index (χ3n) is 7.92. The van der Waals surface area contributed by atoms with Crippen LogP contribution in [0.25, 0.3) is 10.9 Å². The van der Waals surface area contributed by atoms with E-state index in [1.165, 1.54) is 37.3 Å². The lowest BCUT2D eigenvalue weighted by Gasteiger charge is -2.36. The van der Waals surface area contributed by atoms with Gasteiger partial charge in [0.15, 0.2) is 0 Å². The lowest BCUT2D eigenvalue weighted by atomic mass is 10.0. The highest BCUT2D eigenvalue weighted by atomic mass is 19.4. The number of amides is 3. The molecule has 288 valence electrons. The summed E-state index contributed by atoms with van der Waals surface area (Å²) in [5, 5.41) is 5.76. The van der Waals surface area contributed by atoms with Crippen molar-refractivity contribution in [3.8, 4) is 17.6 Å². The number of carbonyl (C=O) groups excluding carboxylic acids is 3. The Hall–Kier alpha value is -5.20. The van der Waals surface area contributed by atoms with E-state index in [2.05, 4.69) is 22.5 Å². The van der Waals surface area contributed by atoms with Crippen LogP contribution in [-0.2, 0) is 16.0 Å². The van der Waals surface area contributed by atoms with Crippen molar-refractivity contribution in [1.29, 1.82) is 0 Å². The lowest BCUT2D eigenvalue weighted by molar-refractivity contribution is -0.140. The molecule has 0 aliphatic carbocycles. The smallest absolute Gasteiger partial charge is 0.415 e. The zero-order valence-corrected chi connectivity index (χ0v) is 30.8. The second-order valence-electron chi connectivity index (χ2n) is 14.4. The average molecular weight is 750 g/mol. The molecule has 1 aromatic heterocycles. The number of rotatable bonds is 7. The van der Waals surface area contributed by atoms with Crippen LogP contribution in [0, 0.1) is 17.7 Å². The number of nitrogens with zero attached hydrogens (tertiary/aromatic N) is 3. The van der Waals surface area contributed by atoms with Crippen LogP contribution in [0.15, 0.2) is 36.4 Å². The summed E-state index contributed by atoms with van der Waals surface area (Å²) in [6.07, 6.45) is -7.54. The molecule has 2 heterocycles. The predicted molar refractivity (Wildman–Crippen MR) is 190 cm³/mol. The predicted octanol–water partition coefficient (Wildman–Crippen LogP) is 7.26. The number of nitrogens with one attached hydrogen (secondary N) is 2. The molecule has 0 spiro atoms. The number of alkyl halides is 4. The number of hydrogen-bond donors (Lipinski definition) is 2. The number of ether oxygens (including phenoxy) is 3. The fourth-order valence-electron chi connectivity index (χ4n) is 5.62. The number of likely N-dealkylation sites (tertiary alicyclic amines) is 1. The zero-order chi connectivity index (χ0) is 39.5. The molecule has 0 saturated carbocycles. The summed E-state index contributed by atoms with van der Waals surface area (Å²) in [6, 6.07) is 7.30. The summed E-state index contributed by atoms with van der Waals surface area (Å²) in [6.45, 7) is 8.04. The summed E-state index contributed by atoms with van der Waals surface area (Å²) in [5.74, 6) is 3.65. The number of piperidine rings is 1. The summed E-state index contributed by atoms with van der Waals surface area (Å²) in [7, 11) is 2.57. The van der Waals surface area contributed by atoms with Crippen molar-refractivity contribution in [3.63, 3.8) is 0 Å². The molecule has 11 nitrogen and oxygen atoms in total. The Bertz CT molecular complexity index is 1900. The molecule has 2 N–H and O–H groups in total. The van der Waals surface area contributed by atoms with Gasteiger partial charge in [0.05, 0.1) is 48.7 Å². The molecular weight excluding hydrogens is 705 g/mol. The zero-order valence-electron chi connectivity index (χ0n) is 30.8. The number of fused-ring (bicyclic) bond motifs is 1. The van der Waals surface area contributed by atoms with Gasteiger partial charge in [0.2, 0.25) is 0 Å². The maximum absolute atomic E-state index is 15.4. The van der Waals surface area contributed by atoms with Crippen molar-refractivity contribution in [2.45, 2.75) is 84.1 Å². The van der Waals surface area contributed by atoms with Crippen LogP contribution in [0.1, 0.15) is 64.0 Å². The number of methoxy groups -OCH3 is 1. The Morgan fingerprint density at radius 3 is 2.28 bits per heavy atom. The Balaban J connectivity index is 1.70. The minimum absolute atomic E-state index is 0.0670. The van der Waals surface area contributed by atoms with E-state index in [1.807, 2.05) is 0 Å². The Morgan fingerprint density at radius 2 is 1.70 bits per heavy atom. The molecule has 2 atom stereocenters. The second-order valence-corrected chi connectivity index (χ2v) is 14.4. The fraction of sp³-hybridized carbons (Fsp3) is 0.486. The van der Waals surface area contributed by atoms with Crippen molar-refractivity contribution >= 4 is 40.4 Å². The fourth-order valence-corrected chi connectivity index (χ4v) is 5.62. The number of hydrogen-bond acceptors (Lipinski definition) is 7. The molecule has 1 aliphatic heterocycles. The van der Waals surface area contributed by atoms with Gasteiger partial charge in [0, 0.05) is 30.7 Å². The number of benzene rings is 2. The minimum atomic E-state index is -4.65. The van der Waals surface area contributed by atoms with E-state index in [0.29, 0.717) is 11.1 Å². The standard InChI is InChI=1S/C37H44F5N5O6/c1-35(2,3)52-33(49)45-16-14-28(26(39)20-45)44-27-12-9-13-29-24(27)17-22(47(29)21-37(40,41)42)11-10-15-46(34(50)53-36(4,5)6)30-19-25(38)23(32(48)43-7)18-31(30)51-8/h9,12-13,17-19,26,28,44H,14-16,20-21H2,1-8H3,(H,43,48)/t26-,28+/m1/s1. The van der Waals surface area contributed by atoms with Gasteiger partial charge in [0.1, 0.15) is 35.5 Å². The highest BCUT2D eigenvalue weighted by molar-refractivity contribution is 5.97. The van der Waals surface area contributed by atoms with Crippen LogP contribution in [0.2, 0.25) is 0 Å². The third kappa shape index (κ3) is 10.5. The van der Waals surface area contributed by atoms with Crippen LogP contribution in [0.4, 0.5) is 42.9 Å². The van der Waals surface area contributed by atoms with Gasteiger partial charge in [-0.3, -0.25) is 9.69 Å². The lowest BCUT2D eigenvalue weighted by Crippen LogP contribution is -2.51. The van der Waals surface area contributed by atoms with Gasteiger partial charge in [-0.15, -0.1) is 0 Å². The molecule has 3 aromatic rings. The van der Waals surface area contributed by atoms with Crippen molar-refractivity contribution in [2.24, 2.45) is 0 Å². The van der Waals surface area contributed by atoms with Crippen LogP contribution < -0.4 is 20.3 Å². The molecule has 3 amide bonds. The van der Waals surface area contributed by atoms with E-state index < -0.39 is 66.6 Å². The first kappa shape index (κ1) is 40.6. The summed E-state index contributed by atoms with van der Waals surface area (Å²) >= 11 is 0. The number of aromatic nitrogens is 1. The van der Waals surface area contributed by atoms with Gasteiger partial charge < -0.3 is 34.3 Å². The van der Waals surface area contributed by atoms with Crippen LogP contribution in [0.3, 0.4) is 0 Å². The molecule has 2 aromatic carbocycles. The molecular formula is C37H44F5N5O6. The normalized spacial score (nSPS) is 16.4. The minimum Gasteiger partial charge on any atom is -0.495 e. The maximum atomic E-state index is 15.4. The molecule has 0 radical (unpaired) electrons. The van der Waals surface area contributed by atoms with E-state index in [1.54, 1.807) is 47.6 Å². The Morgan fingerprint density at radius 1 is 1.02 bits per heavy atom. The molecule has 16 heteroatoms. The monoisotopic (exact) mass is 749 g/mol. The maximum Gasteiger partial charge on any atom is 0.415 e. The molecule has 0 bridgehead atoms. The quantitative estimate of drug-likeness (QED) is 0.193. The summed E-state index contributed by atoms with van der Waals surface area (Å²) in [5.41, 5.74) is -1.79. The van der Waals surface area contributed by atoms with Crippen molar-refractivity contribution in [1.82, 2.24) is 14.8 Å². The van der Waals surface area contributed by atoms with E-state index in [-0.39, 0.29) is 47.7 Å². The first-order valence-electron chi connectivity index (χ1n) is 16.8. The average Bonchev–Trinajstić information content (AvgIpc) is 3.38.